The highest BCUT2D eigenvalue weighted by molar-refractivity contribution is 7.91. The molecule has 5 nitrogen and oxygen atoms in total. The first-order valence-corrected chi connectivity index (χ1v) is 9.02. The second kappa shape index (κ2) is 8.26. The zero-order valence-corrected chi connectivity index (χ0v) is 14.4. The van der Waals surface area contributed by atoms with Crippen molar-refractivity contribution >= 4 is 27.3 Å². The molecule has 0 fully saturated rings. The van der Waals surface area contributed by atoms with Gasteiger partial charge >= 0.3 is 5.76 Å². The number of halogens is 3. The summed E-state index contributed by atoms with van der Waals surface area (Å²) < 4.78 is 52.9. The largest absolute Gasteiger partial charge is 0.492 e. The molecular weight excluding hydrogens is 376 g/mol. The molecule has 0 saturated carbocycles. The van der Waals surface area contributed by atoms with Crippen LogP contribution < -0.4 is 10.1 Å². The number of amides is 1. The molecule has 0 aromatic heterocycles. The van der Waals surface area contributed by atoms with Gasteiger partial charge in [0.1, 0.15) is 12.4 Å². The Labute approximate surface area is 148 Å². The van der Waals surface area contributed by atoms with E-state index in [1.165, 1.54) is 12.1 Å². The average molecular weight is 390 g/mol. The number of carbonyl (C=O) groups excluding carboxylic acids is 1. The van der Waals surface area contributed by atoms with E-state index in [9.17, 15) is 22.0 Å². The zero-order valence-electron chi connectivity index (χ0n) is 12.8. The minimum Gasteiger partial charge on any atom is -0.492 e. The second-order valence-electron chi connectivity index (χ2n) is 4.89. The topological polar surface area (TPSA) is 72.5 Å². The number of hydrogen-bond donors (Lipinski definition) is 1. The number of nitrogens with one attached hydrogen (secondary N) is 1. The minimum atomic E-state index is -4.67. The molecule has 0 radical (unpaired) electrons. The van der Waals surface area contributed by atoms with Crippen LogP contribution in [0.2, 0.25) is 5.02 Å². The van der Waals surface area contributed by atoms with Crippen LogP contribution in [0.25, 0.3) is 0 Å². The molecule has 2 aromatic rings. The standard InChI is InChI=1S/C16H14ClF2NO4S/c17-12-3-5-13(6-4-12)24-10-9-20-15(21)11-1-7-14(8-2-11)25(22,23)16(18)19/h1-8,16H,9-10H2,(H,20,21). The Morgan fingerprint density at radius 3 is 2.24 bits per heavy atom. The number of carbonyl (C=O) groups is 1. The number of alkyl halides is 2. The lowest BCUT2D eigenvalue weighted by atomic mass is 10.2. The molecule has 0 spiro atoms. The van der Waals surface area contributed by atoms with Crippen molar-refractivity contribution in [2.75, 3.05) is 13.2 Å². The monoisotopic (exact) mass is 389 g/mol. The summed E-state index contributed by atoms with van der Waals surface area (Å²) >= 11 is 5.75. The van der Waals surface area contributed by atoms with Gasteiger partial charge < -0.3 is 10.1 Å². The molecule has 2 rings (SSSR count). The molecule has 1 amide bonds. The quantitative estimate of drug-likeness (QED) is 0.738. The maximum atomic E-state index is 12.4. The third-order valence-electron chi connectivity index (χ3n) is 3.15. The van der Waals surface area contributed by atoms with E-state index in [0.717, 1.165) is 12.1 Å². The van der Waals surface area contributed by atoms with Crippen LogP contribution in [-0.2, 0) is 9.84 Å². The third-order valence-corrected chi connectivity index (χ3v) is 4.80. The van der Waals surface area contributed by atoms with Crippen molar-refractivity contribution in [2.24, 2.45) is 0 Å². The Bertz CT molecular complexity index is 824. The van der Waals surface area contributed by atoms with Crippen LogP contribution in [0.5, 0.6) is 5.75 Å². The number of ether oxygens (including phenoxy) is 1. The van der Waals surface area contributed by atoms with Crippen LogP contribution in [-0.4, -0.2) is 33.2 Å². The van der Waals surface area contributed by atoms with Gasteiger partial charge in [0.2, 0.25) is 9.84 Å². The molecule has 0 aliphatic heterocycles. The molecule has 2 aromatic carbocycles. The second-order valence-corrected chi connectivity index (χ2v) is 7.24. The summed E-state index contributed by atoms with van der Waals surface area (Å²) in [6.07, 6.45) is 0. The Morgan fingerprint density at radius 2 is 1.68 bits per heavy atom. The van der Waals surface area contributed by atoms with Gasteiger partial charge in [-0.2, -0.15) is 8.78 Å². The predicted molar refractivity (Wildman–Crippen MR) is 88.9 cm³/mol. The van der Waals surface area contributed by atoms with Crippen molar-refractivity contribution in [3.63, 3.8) is 0 Å². The van der Waals surface area contributed by atoms with Crippen molar-refractivity contribution in [3.05, 3.63) is 59.1 Å². The number of sulfone groups is 1. The maximum Gasteiger partial charge on any atom is 0.341 e. The van der Waals surface area contributed by atoms with E-state index in [0.29, 0.717) is 10.8 Å². The zero-order chi connectivity index (χ0) is 18.4. The summed E-state index contributed by atoms with van der Waals surface area (Å²) in [5, 5.41) is 3.16. The molecule has 25 heavy (non-hydrogen) atoms. The van der Waals surface area contributed by atoms with Crippen LogP contribution in [0.15, 0.2) is 53.4 Å². The van der Waals surface area contributed by atoms with Gasteiger partial charge in [-0.3, -0.25) is 4.79 Å². The minimum absolute atomic E-state index is 0.153. The van der Waals surface area contributed by atoms with E-state index in [-0.39, 0.29) is 18.7 Å². The van der Waals surface area contributed by atoms with E-state index in [4.69, 9.17) is 16.3 Å². The Balaban J connectivity index is 1.85. The third kappa shape index (κ3) is 5.14. The molecular formula is C16H14ClF2NO4S. The van der Waals surface area contributed by atoms with Gasteiger partial charge in [-0.05, 0) is 48.5 Å². The molecule has 0 bridgehead atoms. The number of benzene rings is 2. The summed E-state index contributed by atoms with van der Waals surface area (Å²) in [7, 11) is -4.67. The summed E-state index contributed by atoms with van der Waals surface area (Å²) in [5.41, 5.74) is 0.153. The van der Waals surface area contributed by atoms with E-state index in [2.05, 4.69) is 5.32 Å². The first-order valence-electron chi connectivity index (χ1n) is 7.09. The molecule has 0 saturated heterocycles. The summed E-state index contributed by atoms with van der Waals surface area (Å²) in [6, 6.07) is 11.0. The van der Waals surface area contributed by atoms with Gasteiger partial charge in [-0.1, -0.05) is 11.6 Å². The Morgan fingerprint density at radius 1 is 1.08 bits per heavy atom. The fourth-order valence-corrected chi connectivity index (χ4v) is 2.71. The molecule has 0 atom stereocenters. The van der Waals surface area contributed by atoms with Crippen molar-refractivity contribution in [2.45, 2.75) is 10.7 Å². The molecule has 9 heteroatoms. The van der Waals surface area contributed by atoms with E-state index in [1.54, 1.807) is 24.3 Å². The van der Waals surface area contributed by atoms with E-state index >= 15 is 0 Å². The fourth-order valence-electron chi connectivity index (χ4n) is 1.87. The van der Waals surface area contributed by atoms with Crippen molar-refractivity contribution in [1.29, 1.82) is 0 Å². The smallest absolute Gasteiger partial charge is 0.341 e. The normalized spacial score (nSPS) is 11.4. The number of hydrogen-bond acceptors (Lipinski definition) is 4. The Kier molecular flexibility index (Phi) is 6.33. The Hall–Kier alpha value is -2.19. The predicted octanol–water partition coefficient (Wildman–Crippen LogP) is 3.15. The molecule has 0 unspecified atom stereocenters. The summed E-state index contributed by atoms with van der Waals surface area (Å²) in [4.78, 5) is 11.4. The van der Waals surface area contributed by atoms with Gasteiger partial charge in [0.25, 0.3) is 5.91 Å². The lowest BCUT2D eigenvalue weighted by Gasteiger charge is -2.08. The number of rotatable bonds is 7. The summed E-state index contributed by atoms with van der Waals surface area (Å²) in [5.74, 6) is -3.38. The van der Waals surface area contributed by atoms with Crippen molar-refractivity contribution < 1.29 is 26.7 Å². The average Bonchev–Trinajstić information content (AvgIpc) is 2.60. The molecule has 0 aliphatic carbocycles. The van der Waals surface area contributed by atoms with Gasteiger partial charge in [0, 0.05) is 10.6 Å². The van der Waals surface area contributed by atoms with Crippen molar-refractivity contribution in [1.82, 2.24) is 5.32 Å². The lowest BCUT2D eigenvalue weighted by molar-refractivity contribution is 0.0947. The first kappa shape index (κ1) is 19.1. The summed E-state index contributed by atoms with van der Waals surface area (Å²) in [6.45, 7) is 0.420. The van der Waals surface area contributed by atoms with E-state index < -0.39 is 26.4 Å². The van der Waals surface area contributed by atoms with Crippen LogP contribution in [0, 0.1) is 0 Å². The molecule has 134 valence electrons. The van der Waals surface area contributed by atoms with Gasteiger partial charge in [0.05, 0.1) is 11.4 Å². The highest BCUT2D eigenvalue weighted by Gasteiger charge is 2.26. The van der Waals surface area contributed by atoms with Gasteiger partial charge in [0.15, 0.2) is 0 Å². The van der Waals surface area contributed by atoms with Gasteiger partial charge in [-0.15, -0.1) is 0 Å². The van der Waals surface area contributed by atoms with E-state index in [1.807, 2.05) is 0 Å². The van der Waals surface area contributed by atoms with Gasteiger partial charge in [-0.25, -0.2) is 8.42 Å². The van der Waals surface area contributed by atoms with Crippen LogP contribution in [0.3, 0.4) is 0 Å². The maximum absolute atomic E-state index is 12.4. The van der Waals surface area contributed by atoms with Crippen LogP contribution in [0.4, 0.5) is 8.78 Å². The van der Waals surface area contributed by atoms with Crippen molar-refractivity contribution in [3.8, 4) is 5.75 Å². The highest BCUT2D eigenvalue weighted by Crippen LogP contribution is 2.18. The fraction of sp³-hybridized carbons (Fsp3) is 0.188. The SMILES string of the molecule is O=C(NCCOc1ccc(Cl)cc1)c1ccc(S(=O)(=O)C(F)F)cc1. The molecule has 0 aliphatic rings. The first-order chi connectivity index (χ1) is 11.8. The van der Waals surface area contributed by atoms with Crippen LogP contribution >= 0.6 is 11.6 Å². The highest BCUT2D eigenvalue weighted by atomic mass is 35.5. The lowest BCUT2D eigenvalue weighted by Crippen LogP contribution is -2.28. The van der Waals surface area contributed by atoms with Crippen LogP contribution in [0.1, 0.15) is 10.4 Å². The molecule has 1 N–H and O–H groups in total. The molecule has 0 heterocycles.